The van der Waals surface area contributed by atoms with Crippen LogP contribution in [-0.4, -0.2) is 46.0 Å². The molecule has 5 heteroatoms. The van der Waals surface area contributed by atoms with Crippen LogP contribution in [0.4, 0.5) is 0 Å². The lowest BCUT2D eigenvalue weighted by Crippen LogP contribution is -2.38. The summed E-state index contributed by atoms with van der Waals surface area (Å²) in [6, 6.07) is 1.65. The summed E-state index contributed by atoms with van der Waals surface area (Å²) in [5, 5.41) is 9.31. The first-order valence-electron chi connectivity index (χ1n) is 5.50. The molecule has 0 aliphatic heterocycles. The topological polar surface area (TPSA) is 53.4 Å². The van der Waals surface area contributed by atoms with Crippen LogP contribution in [0, 0.1) is 0 Å². The largest absolute Gasteiger partial charge is 0.506 e. The van der Waals surface area contributed by atoms with Crippen molar-refractivity contribution >= 4 is 17.7 Å². The van der Waals surface area contributed by atoms with E-state index in [1.165, 1.54) is 18.5 Å². The fraction of sp³-hybridized carbons (Fsp3) is 0.500. The number of carbonyl (C=O) groups is 1. The molecule has 0 aromatic carbocycles. The van der Waals surface area contributed by atoms with E-state index in [1.54, 1.807) is 23.7 Å². The normalized spacial score (nSPS) is 12.2. The molecule has 0 fully saturated rings. The minimum Gasteiger partial charge on any atom is -0.506 e. The standard InChI is InChI=1S/C12H18N2O2S/c1-4-10(8-17-3)14(2)12(16)9-5-11(15)7-13-6-9/h5-7,10,15H,4,8H2,1-3H3. The van der Waals surface area contributed by atoms with Gasteiger partial charge in [0.05, 0.1) is 11.8 Å². The zero-order valence-corrected chi connectivity index (χ0v) is 11.2. The molecule has 0 radical (unpaired) electrons. The maximum absolute atomic E-state index is 12.1. The second-order valence-corrected chi connectivity index (χ2v) is 4.78. The predicted octanol–water partition coefficient (Wildman–Crippen LogP) is 2.00. The van der Waals surface area contributed by atoms with E-state index in [9.17, 15) is 9.90 Å². The van der Waals surface area contributed by atoms with Gasteiger partial charge in [0.2, 0.25) is 0 Å². The van der Waals surface area contributed by atoms with E-state index in [4.69, 9.17) is 0 Å². The number of amides is 1. The van der Waals surface area contributed by atoms with Crippen molar-refractivity contribution < 1.29 is 9.90 Å². The summed E-state index contributed by atoms with van der Waals surface area (Å²) in [5.74, 6) is 0.821. The molecule has 94 valence electrons. The molecule has 1 rings (SSSR count). The summed E-state index contributed by atoms with van der Waals surface area (Å²) in [6.45, 7) is 2.06. The number of nitrogens with zero attached hydrogens (tertiary/aromatic N) is 2. The van der Waals surface area contributed by atoms with Gasteiger partial charge in [0.25, 0.3) is 5.91 Å². The van der Waals surface area contributed by atoms with Gasteiger partial charge in [-0.25, -0.2) is 0 Å². The summed E-state index contributed by atoms with van der Waals surface area (Å²) in [4.78, 5) is 17.7. The molecule has 0 bridgehead atoms. The third kappa shape index (κ3) is 3.63. The van der Waals surface area contributed by atoms with Gasteiger partial charge in [0, 0.05) is 25.0 Å². The van der Waals surface area contributed by atoms with Crippen LogP contribution in [0.2, 0.25) is 0 Å². The summed E-state index contributed by atoms with van der Waals surface area (Å²) < 4.78 is 0. The highest BCUT2D eigenvalue weighted by atomic mass is 32.2. The Morgan fingerprint density at radius 3 is 2.82 bits per heavy atom. The van der Waals surface area contributed by atoms with Crippen molar-refractivity contribution in [3.8, 4) is 5.75 Å². The second kappa shape index (κ2) is 6.49. The van der Waals surface area contributed by atoms with Crippen molar-refractivity contribution in [1.82, 2.24) is 9.88 Å². The quantitative estimate of drug-likeness (QED) is 0.873. The maximum Gasteiger partial charge on any atom is 0.255 e. The van der Waals surface area contributed by atoms with Crippen LogP contribution >= 0.6 is 11.8 Å². The third-order valence-electron chi connectivity index (χ3n) is 2.67. The fourth-order valence-corrected chi connectivity index (χ4v) is 2.45. The molecule has 0 aliphatic rings. The lowest BCUT2D eigenvalue weighted by atomic mass is 10.2. The fourth-order valence-electron chi connectivity index (χ4n) is 1.61. The van der Waals surface area contributed by atoms with Crippen LogP contribution < -0.4 is 0 Å². The van der Waals surface area contributed by atoms with E-state index >= 15 is 0 Å². The van der Waals surface area contributed by atoms with Crippen LogP contribution in [0.25, 0.3) is 0 Å². The van der Waals surface area contributed by atoms with Gasteiger partial charge in [-0.2, -0.15) is 11.8 Å². The van der Waals surface area contributed by atoms with Crippen LogP contribution in [-0.2, 0) is 0 Å². The number of carbonyl (C=O) groups excluding carboxylic acids is 1. The van der Waals surface area contributed by atoms with Crippen LogP contribution in [0.5, 0.6) is 5.75 Å². The van der Waals surface area contributed by atoms with Gasteiger partial charge in [-0.05, 0) is 18.7 Å². The minimum atomic E-state index is -0.102. The SMILES string of the molecule is CCC(CSC)N(C)C(=O)c1cncc(O)c1. The lowest BCUT2D eigenvalue weighted by Gasteiger charge is -2.26. The third-order valence-corrected chi connectivity index (χ3v) is 3.39. The first-order valence-corrected chi connectivity index (χ1v) is 6.89. The van der Waals surface area contributed by atoms with Gasteiger partial charge in [-0.1, -0.05) is 6.92 Å². The number of hydrogen-bond donors (Lipinski definition) is 1. The Morgan fingerprint density at radius 2 is 2.29 bits per heavy atom. The van der Waals surface area contributed by atoms with Crippen molar-refractivity contribution in [2.24, 2.45) is 0 Å². The monoisotopic (exact) mass is 254 g/mol. The Balaban J connectivity index is 2.81. The predicted molar refractivity (Wildman–Crippen MR) is 70.5 cm³/mol. The van der Waals surface area contributed by atoms with Gasteiger partial charge >= 0.3 is 0 Å². The van der Waals surface area contributed by atoms with Gasteiger partial charge in [-0.15, -0.1) is 0 Å². The number of aromatic hydroxyl groups is 1. The van der Waals surface area contributed by atoms with Crippen molar-refractivity contribution in [2.75, 3.05) is 19.1 Å². The Morgan fingerprint density at radius 1 is 1.59 bits per heavy atom. The molecule has 4 nitrogen and oxygen atoms in total. The summed E-state index contributed by atoms with van der Waals surface area (Å²) in [7, 11) is 1.79. The number of hydrogen-bond acceptors (Lipinski definition) is 4. The molecule has 1 N–H and O–H groups in total. The van der Waals surface area contributed by atoms with E-state index in [2.05, 4.69) is 11.9 Å². The van der Waals surface area contributed by atoms with E-state index in [1.807, 2.05) is 6.26 Å². The zero-order valence-electron chi connectivity index (χ0n) is 10.4. The second-order valence-electron chi connectivity index (χ2n) is 3.87. The Bertz CT molecular complexity index is 385. The lowest BCUT2D eigenvalue weighted by molar-refractivity contribution is 0.0742. The molecule has 1 unspecified atom stereocenters. The van der Waals surface area contributed by atoms with Crippen LogP contribution in [0.15, 0.2) is 18.5 Å². The van der Waals surface area contributed by atoms with E-state index < -0.39 is 0 Å². The Labute approximate surface area is 106 Å². The van der Waals surface area contributed by atoms with E-state index in [0.29, 0.717) is 5.56 Å². The molecule has 0 saturated carbocycles. The Hall–Kier alpha value is -1.23. The van der Waals surface area contributed by atoms with Gasteiger partial charge in [-0.3, -0.25) is 9.78 Å². The van der Waals surface area contributed by atoms with Gasteiger partial charge < -0.3 is 10.0 Å². The molecule has 1 aromatic heterocycles. The Kier molecular flexibility index (Phi) is 5.28. The highest BCUT2D eigenvalue weighted by Crippen LogP contribution is 2.14. The average molecular weight is 254 g/mol. The van der Waals surface area contributed by atoms with Crippen molar-refractivity contribution in [2.45, 2.75) is 19.4 Å². The molecule has 1 aromatic rings. The highest BCUT2D eigenvalue weighted by Gasteiger charge is 2.19. The molecule has 1 atom stereocenters. The van der Waals surface area contributed by atoms with Crippen LogP contribution in [0.3, 0.4) is 0 Å². The number of pyridine rings is 1. The van der Waals surface area contributed by atoms with Gasteiger partial charge in [0.15, 0.2) is 0 Å². The summed E-state index contributed by atoms with van der Waals surface area (Å²) in [6.07, 6.45) is 5.73. The zero-order chi connectivity index (χ0) is 12.8. The maximum atomic E-state index is 12.1. The first kappa shape index (κ1) is 13.8. The van der Waals surface area contributed by atoms with Gasteiger partial charge in [0.1, 0.15) is 5.75 Å². The van der Waals surface area contributed by atoms with Crippen molar-refractivity contribution in [3.05, 3.63) is 24.0 Å². The number of thioether (sulfide) groups is 1. The number of rotatable bonds is 5. The van der Waals surface area contributed by atoms with E-state index in [0.717, 1.165) is 12.2 Å². The molecule has 1 heterocycles. The summed E-state index contributed by atoms with van der Waals surface area (Å²) >= 11 is 1.72. The van der Waals surface area contributed by atoms with E-state index in [-0.39, 0.29) is 17.7 Å². The first-order chi connectivity index (χ1) is 8.10. The van der Waals surface area contributed by atoms with Crippen LogP contribution in [0.1, 0.15) is 23.7 Å². The molecule has 1 amide bonds. The molecule has 17 heavy (non-hydrogen) atoms. The van der Waals surface area contributed by atoms with Crippen molar-refractivity contribution in [3.63, 3.8) is 0 Å². The minimum absolute atomic E-state index is 0.0159. The average Bonchev–Trinajstić information content (AvgIpc) is 2.34. The smallest absolute Gasteiger partial charge is 0.255 e. The number of aromatic nitrogens is 1. The highest BCUT2D eigenvalue weighted by molar-refractivity contribution is 7.98. The molecule has 0 saturated heterocycles. The van der Waals surface area contributed by atoms with Crippen molar-refractivity contribution in [1.29, 1.82) is 0 Å². The molecular formula is C12H18N2O2S. The molecule has 0 spiro atoms. The molecule has 0 aliphatic carbocycles. The summed E-state index contributed by atoms with van der Waals surface area (Å²) in [5.41, 5.74) is 0.423. The molecular weight excluding hydrogens is 236 g/mol.